The van der Waals surface area contributed by atoms with Crippen LogP contribution in [0.3, 0.4) is 0 Å². The van der Waals surface area contributed by atoms with E-state index in [9.17, 15) is 0 Å². The molecule has 0 aliphatic heterocycles. The second-order valence-electron chi connectivity index (χ2n) is 4.16. The van der Waals surface area contributed by atoms with Crippen molar-refractivity contribution in [1.29, 1.82) is 0 Å². The molecular formula is C12H17BrN2. The molecule has 1 heterocycles. The van der Waals surface area contributed by atoms with E-state index in [1.165, 1.54) is 36.2 Å². The number of alkyl halides is 1. The highest BCUT2D eigenvalue weighted by Gasteiger charge is 2.16. The monoisotopic (exact) mass is 268 g/mol. The molecular weight excluding hydrogens is 252 g/mol. The van der Waals surface area contributed by atoms with Gasteiger partial charge in [0.1, 0.15) is 6.33 Å². The minimum absolute atomic E-state index is 0.554. The molecule has 0 amide bonds. The van der Waals surface area contributed by atoms with Crippen molar-refractivity contribution in [3.05, 3.63) is 23.3 Å². The number of rotatable bonds is 3. The fourth-order valence-corrected chi connectivity index (χ4v) is 2.43. The van der Waals surface area contributed by atoms with Crippen LogP contribution >= 0.6 is 15.9 Å². The zero-order chi connectivity index (χ0) is 10.7. The van der Waals surface area contributed by atoms with Crippen molar-refractivity contribution in [3.63, 3.8) is 0 Å². The van der Waals surface area contributed by atoms with E-state index < -0.39 is 0 Å². The summed E-state index contributed by atoms with van der Waals surface area (Å²) in [5.74, 6) is 0. The topological polar surface area (TPSA) is 25.8 Å². The molecule has 0 saturated carbocycles. The van der Waals surface area contributed by atoms with Crippen LogP contribution in [0.4, 0.5) is 0 Å². The molecule has 15 heavy (non-hydrogen) atoms. The third kappa shape index (κ3) is 2.57. The molecule has 1 atom stereocenters. The summed E-state index contributed by atoms with van der Waals surface area (Å²) >= 11 is 3.68. The molecule has 0 aromatic carbocycles. The molecule has 0 bridgehead atoms. The summed E-state index contributed by atoms with van der Waals surface area (Å²) in [5.41, 5.74) is 3.99. The number of aryl methyl sites for hydroxylation is 1. The van der Waals surface area contributed by atoms with Crippen LogP contribution < -0.4 is 0 Å². The highest BCUT2D eigenvalue weighted by Crippen LogP contribution is 2.23. The summed E-state index contributed by atoms with van der Waals surface area (Å²) in [4.78, 5) is 9.38. The summed E-state index contributed by atoms with van der Waals surface area (Å²) in [7, 11) is 0. The predicted octanol–water partition coefficient (Wildman–Crippen LogP) is 3.07. The van der Waals surface area contributed by atoms with Gasteiger partial charge in [0.25, 0.3) is 0 Å². The summed E-state index contributed by atoms with van der Waals surface area (Å²) in [5, 5.41) is 0. The second-order valence-corrected chi connectivity index (χ2v) is 5.46. The lowest BCUT2D eigenvalue weighted by atomic mass is 9.93. The smallest absolute Gasteiger partial charge is 0.115 e. The maximum atomic E-state index is 4.44. The number of hydrogen-bond acceptors (Lipinski definition) is 2. The van der Waals surface area contributed by atoms with E-state index >= 15 is 0 Å². The summed E-state index contributed by atoms with van der Waals surface area (Å²) in [6, 6.07) is 0. The molecule has 0 fully saturated rings. The highest BCUT2D eigenvalue weighted by atomic mass is 79.9. The normalized spacial score (nSPS) is 17.2. The van der Waals surface area contributed by atoms with Gasteiger partial charge in [0.15, 0.2) is 0 Å². The molecule has 2 rings (SSSR count). The first-order valence-corrected chi connectivity index (χ1v) is 6.68. The fraction of sp³-hybridized carbons (Fsp3) is 0.667. The Morgan fingerprint density at radius 1 is 1.33 bits per heavy atom. The van der Waals surface area contributed by atoms with Gasteiger partial charge in [-0.1, -0.05) is 22.9 Å². The molecule has 0 N–H and O–H groups in total. The van der Waals surface area contributed by atoms with E-state index in [2.05, 4.69) is 32.8 Å². The van der Waals surface area contributed by atoms with E-state index in [1.807, 2.05) is 0 Å². The number of nitrogens with zero attached hydrogens (tertiary/aromatic N) is 2. The van der Waals surface area contributed by atoms with Crippen molar-refractivity contribution in [1.82, 2.24) is 9.97 Å². The average Bonchev–Trinajstić information content (AvgIpc) is 2.29. The van der Waals surface area contributed by atoms with Crippen LogP contribution in [0.1, 0.15) is 43.1 Å². The maximum absolute atomic E-state index is 4.44. The summed E-state index contributed by atoms with van der Waals surface area (Å²) in [6.07, 6.45) is 8.83. The highest BCUT2D eigenvalue weighted by molar-refractivity contribution is 9.09. The Kier molecular flexibility index (Phi) is 3.73. The van der Waals surface area contributed by atoms with Gasteiger partial charge >= 0.3 is 0 Å². The molecule has 0 spiro atoms. The molecule has 1 aromatic heterocycles. The number of halogens is 1. The average molecular weight is 269 g/mol. The fourth-order valence-electron chi connectivity index (χ4n) is 2.12. The Balaban J connectivity index is 2.23. The second kappa shape index (κ2) is 5.06. The molecule has 1 aliphatic carbocycles. The van der Waals surface area contributed by atoms with E-state index in [0.717, 1.165) is 19.3 Å². The van der Waals surface area contributed by atoms with Crippen molar-refractivity contribution < 1.29 is 0 Å². The first-order valence-electron chi connectivity index (χ1n) is 5.77. The summed E-state index contributed by atoms with van der Waals surface area (Å²) in [6.45, 7) is 2.20. The minimum Gasteiger partial charge on any atom is -0.241 e. The molecule has 0 saturated heterocycles. The van der Waals surface area contributed by atoms with Gasteiger partial charge in [0, 0.05) is 22.6 Å². The first kappa shape index (κ1) is 11.1. The number of aromatic nitrogens is 2. The van der Waals surface area contributed by atoms with Crippen molar-refractivity contribution in [3.8, 4) is 0 Å². The van der Waals surface area contributed by atoms with Crippen LogP contribution in [0.5, 0.6) is 0 Å². The number of hydrogen-bond donors (Lipinski definition) is 0. The summed E-state index contributed by atoms with van der Waals surface area (Å²) < 4.78 is 0. The quantitative estimate of drug-likeness (QED) is 0.788. The lowest BCUT2D eigenvalue weighted by Crippen LogP contribution is -2.13. The molecule has 1 aliphatic rings. The van der Waals surface area contributed by atoms with E-state index in [4.69, 9.17) is 0 Å². The van der Waals surface area contributed by atoms with Gasteiger partial charge in [-0.3, -0.25) is 0 Å². The molecule has 0 radical (unpaired) electrons. The van der Waals surface area contributed by atoms with Crippen molar-refractivity contribution in [2.75, 3.05) is 0 Å². The molecule has 82 valence electrons. The van der Waals surface area contributed by atoms with Crippen molar-refractivity contribution in [2.45, 2.75) is 50.3 Å². The predicted molar refractivity (Wildman–Crippen MR) is 65.4 cm³/mol. The van der Waals surface area contributed by atoms with Gasteiger partial charge in [-0.2, -0.15) is 0 Å². The number of fused-ring (bicyclic) bond motifs is 1. The molecule has 1 unspecified atom stereocenters. The largest absolute Gasteiger partial charge is 0.241 e. The molecule has 2 nitrogen and oxygen atoms in total. The van der Waals surface area contributed by atoms with Crippen LogP contribution in [0, 0.1) is 0 Å². The van der Waals surface area contributed by atoms with Crippen LogP contribution in [0.2, 0.25) is 0 Å². The third-order valence-electron chi connectivity index (χ3n) is 3.07. The van der Waals surface area contributed by atoms with Crippen LogP contribution in [-0.4, -0.2) is 14.8 Å². The van der Waals surface area contributed by atoms with E-state index in [1.54, 1.807) is 6.33 Å². The SMILES string of the molecule is CCC(Br)Cc1ncnc2c1CCCC2. The standard InChI is InChI=1S/C12H17BrN2/c1-2-9(13)7-12-10-5-3-4-6-11(10)14-8-15-12/h8-9H,2-7H2,1H3. The third-order valence-corrected chi connectivity index (χ3v) is 4.04. The van der Waals surface area contributed by atoms with Gasteiger partial charge in [-0.05, 0) is 37.7 Å². The van der Waals surface area contributed by atoms with Crippen LogP contribution in [0.25, 0.3) is 0 Å². The lowest BCUT2D eigenvalue weighted by molar-refractivity contribution is 0.646. The molecule has 3 heteroatoms. The first-order chi connectivity index (χ1) is 7.31. The zero-order valence-electron chi connectivity index (χ0n) is 9.17. The van der Waals surface area contributed by atoms with Crippen LogP contribution in [-0.2, 0) is 19.3 Å². The lowest BCUT2D eigenvalue weighted by Gasteiger charge is -2.18. The Morgan fingerprint density at radius 3 is 2.93 bits per heavy atom. The van der Waals surface area contributed by atoms with Crippen LogP contribution in [0.15, 0.2) is 6.33 Å². The van der Waals surface area contributed by atoms with E-state index in [-0.39, 0.29) is 0 Å². The Labute approximate surface area is 99.7 Å². The maximum Gasteiger partial charge on any atom is 0.115 e. The van der Waals surface area contributed by atoms with Gasteiger partial charge in [-0.15, -0.1) is 0 Å². The Morgan fingerprint density at radius 2 is 2.13 bits per heavy atom. The van der Waals surface area contributed by atoms with E-state index in [0.29, 0.717) is 4.83 Å². The molecule has 1 aromatic rings. The van der Waals surface area contributed by atoms with Crippen molar-refractivity contribution >= 4 is 15.9 Å². The Bertz CT molecular complexity index is 338. The van der Waals surface area contributed by atoms with Gasteiger partial charge in [0.2, 0.25) is 0 Å². The van der Waals surface area contributed by atoms with Gasteiger partial charge in [0.05, 0.1) is 0 Å². The van der Waals surface area contributed by atoms with Gasteiger partial charge in [-0.25, -0.2) is 9.97 Å². The Hall–Kier alpha value is -0.440. The van der Waals surface area contributed by atoms with Crippen molar-refractivity contribution in [2.24, 2.45) is 0 Å². The van der Waals surface area contributed by atoms with Gasteiger partial charge < -0.3 is 0 Å². The zero-order valence-corrected chi connectivity index (χ0v) is 10.8. The minimum atomic E-state index is 0.554.